The molecule has 17 heavy (non-hydrogen) atoms. The highest BCUT2D eigenvalue weighted by Crippen LogP contribution is 2.17. The Labute approximate surface area is 104 Å². The Hall–Kier alpha value is -1.53. The van der Waals surface area contributed by atoms with Gasteiger partial charge >= 0.3 is 0 Å². The predicted molar refractivity (Wildman–Crippen MR) is 68.3 cm³/mol. The molecule has 0 unspecified atom stereocenters. The summed E-state index contributed by atoms with van der Waals surface area (Å²) in [4.78, 5) is 8.61. The van der Waals surface area contributed by atoms with Gasteiger partial charge < -0.3 is 9.84 Å². The van der Waals surface area contributed by atoms with Gasteiger partial charge in [0, 0.05) is 11.8 Å². The number of aromatic nitrogens is 2. The molecule has 6 heteroatoms. The van der Waals surface area contributed by atoms with Crippen molar-refractivity contribution in [1.82, 2.24) is 9.97 Å². The highest BCUT2D eigenvalue weighted by molar-refractivity contribution is 7.97. The van der Waals surface area contributed by atoms with Gasteiger partial charge in [0.2, 0.25) is 0 Å². The molecule has 5 nitrogen and oxygen atoms in total. The Kier molecular flexibility index (Phi) is 4.00. The van der Waals surface area contributed by atoms with Crippen LogP contribution in [0, 0.1) is 6.92 Å². The summed E-state index contributed by atoms with van der Waals surface area (Å²) < 4.78 is 5.25. The van der Waals surface area contributed by atoms with Gasteiger partial charge in [0.25, 0.3) is 0 Å². The van der Waals surface area contributed by atoms with E-state index < -0.39 is 0 Å². The van der Waals surface area contributed by atoms with Crippen LogP contribution in [0.5, 0.6) is 0 Å². The Morgan fingerprint density at radius 2 is 2.29 bits per heavy atom. The molecule has 0 aromatic carbocycles. The van der Waals surface area contributed by atoms with E-state index in [0.29, 0.717) is 5.82 Å². The van der Waals surface area contributed by atoms with Crippen molar-refractivity contribution in [1.29, 1.82) is 0 Å². The van der Waals surface area contributed by atoms with Crippen LogP contribution in [-0.4, -0.2) is 9.97 Å². The van der Waals surface area contributed by atoms with Crippen molar-refractivity contribution in [2.75, 3.05) is 5.43 Å². The summed E-state index contributed by atoms with van der Waals surface area (Å²) in [6.07, 6.45) is 1.68. The third-order valence-corrected chi connectivity index (χ3v) is 3.05. The second-order valence-electron chi connectivity index (χ2n) is 3.53. The van der Waals surface area contributed by atoms with Crippen LogP contribution in [0.25, 0.3) is 0 Å². The SMILES string of the molecule is Cc1cc(NN)nc(CSCc2ccco2)n1. The number of rotatable bonds is 5. The third kappa shape index (κ3) is 3.47. The van der Waals surface area contributed by atoms with E-state index in [1.807, 2.05) is 19.1 Å². The second-order valence-corrected chi connectivity index (χ2v) is 4.51. The zero-order chi connectivity index (χ0) is 12.1. The number of furan rings is 1. The zero-order valence-electron chi connectivity index (χ0n) is 9.51. The second kappa shape index (κ2) is 5.70. The molecule has 0 fully saturated rings. The van der Waals surface area contributed by atoms with Crippen LogP contribution >= 0.6 is 11.8 Å². The van der Waals surface area contributed by atoms with Crippen molar-refractivity contribution in [3.05, 3.63) is 41.7 Å². The Balaban J connectivity index is 1.92. The minimum atomic E-state index is 0.645. The van der Waals surface area contributed by atoms with E-state index in [-0.39, 0.29) is 0 Å². The minimum Gasteiger partial charge on any atom is -0.468 e. The normalized spacial score (nSPS) is 10.5. The maximum Gasteiger partial charge on any atom is 0.143 e. The summed E-state index contributed by atoms with van der Waals surface area (Å²) in [5.74, 6) is 9.26. The first kappa shape index (κ1) is 11.9. The molecular weight excluding hydrogens is 236 g/mol. The summed E-state index contributed by atoms with van der Waals surface area (Å²) >= 11 is 1.70. The van der Waals surface area contributed by atoms with Gasteiger partial charge in [-0.3, -0.25) is 0 Å². The Morgan fingerprint density at radius 3 is 3.00 bits per heavy atom. The van der Waals surface area contributed by atoms with Gasteiger partial charge in [-0.15, -0.1) is 11.8 Å². The third-order valence-electron chi connectivity index (χ3n) is 2.10. The summed E-state index contributed by atoms with van der Waals surface area (Å²) in [5.41, 5.74) is 3.44. The standard InChI is InChI=1S/C11H14N4OS/c1-8-5-10(15-12)14-11(13-8)7-17-6-9-3-2-4-16-9/h2-5H,6-7,12H2,1H3,(H,13,14,15). The van der Waals surface area contributed by atoms with Gasteiger partial charge in [0.15, 0.2) is 0 Å². The fourth-order valence-corrected chi connectivity index (χ4v) is 2.19. The van der Waals surface area contributed by atoms with E-state index in [2.05, 4.69) is 15.4 Å². The van der Waals surface area contributed by atoms with Gasteiger partial charge in [-0.2, -0.15) is 0 Å². The molecule has 0 aliphatic carbocycles. The lowest BCUT2D eigenvalue weighted by molar-refractivity contribution is 0.530. The summed E-state index contributed by atoms with van der Waals surface area (Å²) in [6, 6.07) is 5.65. The number of nitrogen functional groups attached to an aromatic ring is 1. The smallest absolute Gasteiger partial charge is 0.143 e. The van der Waals surface area contributed by atoms with Crippen molar-refractivity contribution >= 4 is 17.6 Å². The number of nitrogens with one attached hydrogen (secondary N) is 1. The number of anilines is 1. The number of aryl methyl sites for hydroxylation is 1. The van der Waals surface area contributed by atoms with Crippen molar-refractivity contribution < 1.29 is 4.42 Å². The van der Waals surface area contributed by atoms with Gasteiger partial charge in [0.1, 0.15) is 17.4 Å². The van der Waals surface area contributed by atoms with Crippen molar-refractivity contribution in [3.8, 4) is 0 Å². The highest BCUT2D eigenvalue weighted by Gasteiger charge is 2.03. The number of thioether (sulfide) groups is 1. The van der Waals surface area contributed by atoms with E-state index in [0.717, 1.165) is 28.8 Å². The molecule has 0 aliphatic rings. The predicted octanol–water partition coefficient (Wildman–Crippen LogP) is 2.10. The number of nitrogens with zero attached hydrogens (tertiary/aromatic N) is 2. The average molecular weight is 250 g/mol. The van der Waals surface area contributed by atoms with E-state index in [1.165, 1.54) is 0 Å². The van der Waals surface area contributed by atoms with Crippen LogP contribution in [0.4, 0.5) is 5.82 Å². The van der Waals surface area contributed by atoms with Crippen LogP contribution in [0.2, 0.25) is 0 Å². The summed E-state index contributed by atoms with van der Waals surface area (Å²) in [7, 11) is 0. The Morgan fingerprint density at radius 1 is 1.41 bits per heavy atom. The fourth-order valence-electron chi connectivity index (χ4n) is 1.41. The van der Waals surface area contributed by atoms with Gasteiger partial charge in [0.05, 0.1) is 17.8 Å². The van der Waals surface area contributed by atoms with Crippen LogP contribution in [0.1, 0.15) is 17.3 Å². The van der Waals surface area contributed by atoms with E-state index in [4.69, 9.17) is 10.3 Å². The van der Waals surface area contributed by atoms with Crippen molar-refractivity contribution in [2.45, 2.75) is 18.4 Å². The van der Waals surface area contributed by atoms with Crippen LogP contribution in [0.3, 0.4) is 0 Å². The number of hydrazine groups is 1. The highest BCUT2D eigenvalue weighted by atomic mass is 32.2. The molecule has 2 rings (SSSR count). The zero-order valence-corrected chi connectivity index (χ0v) is 10.3. The first-order valence-corrected chi connectivity index (χ1v) is 6.34. The lowest BCUT2D eigenvalue weighted by Gasteiger charge is -2.04. The molecular formula is C11H14N4OS. The molecule has 0 atom stereocenters. The van der Waals surface area contributed by atoms with Gasteiger partial charge in [-0.25, -0.2) is 15.8 Å². The quantitative estimate of drug-likeness (QED) is 0.625. The van der Waals surface area contributed by atoms with Crippen LogP contribution in [0.15, 0.2) is 28.9 Å². The first-order valence-electron chi connectivity index (χ1n) is 5.19. The monoisotopic (exact) mass is 250 g/mol. The number of nitrogens with two attached hydrogens (primary N) is 1. The maximum atomic E-state index is 5.33. The van der Waals surface area contributed by atoms with Crippen molar-refractivity contribution in [3.63, 3.8) is 0 Å². The van der Waals surface area contributed by atoms with Crippen molar-refractivity contribution in [2.24, 2.45) is 5.84 Å². The molecule has 0 saturated heterocycles. The van der Waals surface area contributed by atoms with Crippen LogP contribution in [-0.2, 0) is 11.5 Å². The summed E-state index contributed by atoms with van der Waals surface area (Å²) in [6.45, 7) is 1.92. The summed E-state index contributed by atoms with van der Waals surface area (Å²) in [5, 5.41) is 0. The molecule has 2 aromatic rings. The lowest BCUT2D eigenvalue weighted by Crippen LogP contribution is -2.10. The minimum absolute atomic E-state index is 0.645. The number of hydrogen-bond acceptors (Lipinski definition) is 6. The molecule has 0 saturated carbocycles. The molecule has 0 spiro atoms. The maximum absolute atomic E-state index is 5.33. The van der Waals surface area contributed by atoms with E-state index >= 15 is 0 Å². The first-order chi connectivity index (χ1) is 8.28. The largest absolute Gasteiger partial charge is 0.468 e. The molecule has 90 valence electrons. The number of hydrogen-bond donors (Lipinski definition) is 2. The molecule has 0 bridgehead atoms. The molecule has 2 heterocycles. The van der Waals surface area contributed by atoms with Gasteiger partial charge in [-0.05, 0) is 19.1 Å². The van der Waals surface area contributed by atoms with Crippen LogP contribution < -0.4 is 11.3 Å². The van der Waals surface area contributed by atoms with E-state index in [1.54, 1.807) is 24.1 Å². The molecule has 0 aliphatic heterocycles. The Bertz CT molecular complexity index is 472. The molecule has 3 N–H and O–H groups in total. The fraction of sp³-hybridized carbons (Fsp3) is 0.273. The van der Waals surface area contributed by atoms with Gasteiger partial charge in [-0.1, -0.05) is 0 Å². The average Bonchev–Trinajstić information content (AvgIpc) is 2.81. The molecule has 2 aromatic heterocycles. The topological polar surface area (TPSA) is 77.0 Å². The molecule has 0 amide bonds. The molecule has 0 radical (unpaired) electrons. The van der Waals surface area contributed by atoms with E-state index in [9.17, 15) is 0 Å². The lowest BCUT2D eigenvalue weighted by atomic mass is 10.4.